The number of esters is 1. The van der Waals surface area contributed by atoms with Crippen molar-refractivity contribution in [3.8, 4) is 0 Å². The van der Waals surface area contributed by atoms with Crippen LogP contribution >= 0.6 is 12.2 Å². The lowest BCUT2D eigenvalue weighted by Gasteiger charge is -2.02. The molecule has 1 aliphatic heterocycles. The summed E-state index contributed by atoms with van der Waals surface area (Å²) in [5, 5.41) is 2.67. The van der Waals surface area contributed by atoms with Gasteiger partial charge >= 0.3 is 5.97 Å². The van der Waals surface area contributed by atoms with Gasteiger partial charge in [0.05, 0.1) is 12.1 Å². The Kier molecular flexibility index (Phi) is 2.68. The Morgan fingerprint density at radius 2 is 2.47 bits per heavy atom. The molecule has 0 radical (unpaired) electrons. The van der Waals surface area contributed by atoms with Gasteiger partial charge in [0.15, 0.2) is 0 Å². The molecule has 2 heterocycles. The first-order valence-corrected chi connectivity index (χ1v) is 4.63. The molecule has 0 amide bonds. The molecule has 0 aliphatic carbocycles. The van der Waals surface area contributed by atoms with Gasteiger partial charge in [0.1, 0.15) is 4.99 Å². The number of aromatic nitrogens is 1. The van der Waals surface area contributed by atoms with Crippen LogP contribution in [-0.2, 0) is 4.74 Å². The van der Waals surface area contributed by atoms with Crippen LogP contribution < -0.4 is 5.32 Å². The Balaban J connectivity index is 2.02. The third kappa shape index (κ3) is 2.35. The number of nitrogens with one attached hydrogen (secondary N) is 1. The summed E-state index contributed by atoms with van der Waals surface area (Å²) in [5.41, 5.74) is 0.375. The normalized spacial score (nSPS) is 14.4. The predicted octanol–water partition coefficient (Wildman–Crippen LogP) is 0.525. The maximum atomic E-state index is 11.5. The van der Waals surface area contributed by atoms with Gasteiger partial charge in [-0.2, -0.15) is 0 Å². The van der Waals surface area contributed by atoms with Crippen molar-refractivity contribution in [3.05, 3.63) is 30.1 Å². The molecule has 2 rings (SSSR count). The molecule has 1 aliphatic rings. The van der Waals surface area contributed by atoms with Crippen LogP contribution in [0.25, 0.3) is 0 Å². The second-order valence-corrected chi connectivity index (χ2v) is 3.29. The molecule has 15 heavy (non-hydrogen) atoms. The van der Waals surface area contributed by atoms with E-state index in [1.165, 1.54) is 6.20 Å². The summed E-state index contributed by atoms with van der Waals surface area (Å²) in [5.74, 6) is -0.501. The van der Waals surface area contributed by atoms with E-state index in [1.807, 2.05) is 0 Å². The summed E-state index contributed by atoms with van der Waals surface area (Å²) in [6.45, 7) is 0.366. The number of thiocarbonyl (C=S) groups is 1. The maximum Gasteiger partial charge on any atom is 0.347 e. The Labute approximate surface area is 91.2 Å². The van der Waals surface area contributed by atoms with Crippen LogP contribution in [0.4, 0.5) is 0 Å². The zero-order valence-corrected chi connectivity index (χ0v) is 8.45. The monoisotopic (exact) mass is 221 g/mol. The van der Waals surface area contributed by atoms with Crippen molar-refractivity contribution in [2.45, 2.75) is 0 Å². The molecule has 0 aromatic carbocycles. The van der Waals surface area contributed by atoms with Crippen molar-refractivity contribution in [1.82, 2.24) is 10.3 Å². The number of amidine groups is 1. The molecule has 0 bridgehead atoms. The average Bonchev–Trinajstić information content (AvgIpc) is 2.65. The zero-order chi connectivity index (χ0) is 10.7. The van der Waals surface area contributed by atoms with Gasteiger partial charge < -0.3 is 10.1 Å². The van der Waals surface area contributed by atoms with E-state index in [2.05, 4.69) is 15.3 Å². The highest BCUT2D eigenvalue weighted by Gasteiger charge is 2.16. The minimum absolute atomic E-state index is 0.147. The lowest BCUT2D eigenvalue weighted by Crippen LogP contribution is -2.27. The molecule has 1 aromatic rings. The minimum atomic E-state index is -0.501. The summed E-state index contributed by atoms with van der Waals surface area (Å²) < 4.78 is 4.94. The molecule has 0 fully saturated rings. The molecule has 6 heteroatoms. The molecular weight excluding hydrogens is 214 g/mol. The molecule has 0 spiro atoms. The lowest BCUT2D eigenvalue weighted by molar-refractivity contribution is 0.0711. The largest absolute Gasteiger partial charge is 0.389 e. The standard InChI is InChI=1S/C9H7N3O2S/c13-8(6-2-1-3-10-4-6)14-9-11-5-7(15)12-9/h1-4H,5H2,(H,11,12,15). The van der Waals surface area contributed by atoms with Crippen LogP contribution in [0, 0.1) is 0 Å². The Morgan fingerprint density at radius 3 is 3.07 bits per heavy atom. The summed E-state index contributed by atoms with van der Waals surface area (Å²) >= 11 is 4.84. The van der Waals surface area contributed by atoms with Crippen molar-refractivity contribution >= 4 is 29.2 Å². The van der Waals surface area contributed by atoms with E-state index in [-0.39, 0.29) is 6.02 Å². The summed E-state index contributed by atoms with van der Waals surface area (Å²) in [6, 6.07) is 3.42. The molecular formula is C9H7N3O2S. The van der Waals surface area contributed by atoms with Crippen LogP contribution in [0.2, 0.25) is 0 Å². The van der Waals surface area contributed by atoms with Crippen molar-refractivity contribution < 1.29 is 9.53 Å². The summed E-state index contributed by atoms with van der Waals surface area (Å²) in [7, 11) is 0. The van der Waals surface area contributed by atoms with E-state index in [0.717, 1.165) is 0 Å². The second-order valence-electron chi connectivity index (χ2n) is 2.80. The number of rotatable bonds is 1. The number of pyridine rings is 1. The van der Waals surface area contributed by atoms with Crippen molar-refractivity contribution in [2.75, 3.05) is 6.54 Å². The van der Waals surface area contributed by atoms with E-state index in [9.17, 15) is 4.79 Å². The smallest absolute Gasteiger partial charge is 0.347 e. The van der Waals surface area contributed by atoms with Crippen LogP contribution in [0.5, 0.6) is 0 Å². The fourth-order valence-corrected chi connectivity index (χ4v) is 1.18. The molecule has 0 saturated heterocycles. The topological polar surface area (TPSA) is 63.6 Å². The first-order chi connectivity index (χ1) is 7.25. The van der Waals surface area contributed by atoms with Gasteiger partial charge in [-0.3, -0.25) is 4.98 Å². The molecule has 0 atom stereocenters. The molecule has 76 valence electrons. The Morgan fingerprint density at radius 1 is 1.60 bits per heavy atom. The molecule has 5 nitrogen and oxygen atoms in total. The van der Waals surface area contributed by atoms with Crippen molar-refractivity contribution in [2.24, 2.45) is 4.99 Å². The number of carbonyl (C=O) groups excluding carboxylic acids is 1. The van der Waals surface area contributed by atoms with Crippen molar-refractivity contribution in [3.63, 3.8) is 0 Å². The van der Waals surface area contributed by atoms with Gasteiger partial charge in [0.2, 0.25) is 0 Å². The van der Waals surface area contributed by atoms with E-state index < -0.39 is 5.97 Å². The van der Waals surface area contributed by atoms with Crippen LogP contribution in [0.15, 0.2) is 29.5 Å². The van der Waals surface area contributed by atoms with E-state index >= 15 is 0 Å². The number of hydrogen-bond acceptors (Lipinski definition) is 5. The fraction of sp³-hybridized carbons (Fsp3) is 0.111. The highest BCUT2D eigenvalue weighted by molar-refractivity contribution is 7.80. The van der Waals surface area contributed by atoms with Gasteiger partial charge in [0, 0.05) is 12.4 Å². The summed E-state index contributed by atoms with van der Waals surface area (Å²) in [4.78, 5) is 19.7. The third-order valence-corrected chi connectivity index (χ3v) is 1.93. The van der Waals surface area contributed by atoms with Crippen LogP contribution in [0.1, 0.15) is 10.4 Å². The number of hydrogen-bond donors (Lipinski definition) is 1. The lowest BCUT2D eigenvalue weighted by atomic mass is 10.3. The third-order valence-electron chi connectivity index (χ3n) is 1.70. The predicted molar refractivity (Wildman–Crippen MR) is 57.7 cm³/mol. The number of ether oxygens (including phenoxy) is 1. The second kappa shape index (κ2) is 4.14. The molecule has 0 unspecified atom stereocenters. The van der Waals surface area contributed by atoms with Gasteiger partial charge in [0.25, 0.3) is 6.02 Å². The highest BCUT2D eigenvalue weighted by atomic mass is 32.1. The van der Waals surface area contributed by atoms with E-state index in [1.54, 1.807) is 18.3 Å². The highest BCUT2D eigenvalue weighted by Crippen LogP contribution is 2.01. The number of carbonyl (C=O) groups is 1. The van der Waals surface area contributed by atoms with Gasteiger partial charge in [-0.05, 0) is 12.1 Å². The minimum Gasteiger partial charge on any atom is -0.389 e. The first-order valence-electron chi connectivity index (χ1n) is 4.22. The van der Waals surface area contributed by atoms with Gasteiger partial charge in [-0.1, -0.05) is 12.2 Å². The zero-order valence-electron chi connectivity index (χ0n) is 7.64. The Bertz CT molecular complexity index is 430. The SMILES string of the molecule is O=C(OC1=NCC(=S)N1)c1cccnc1. The van der Waals surface area contributed by atoms with Crippen LogP contribution in [-0.4, -0.2) is 28.5 Å². The number of aliphatic imine (C=N–C) groups is 1. The van der Waals surface area contributed by atoms with Crippen molar-refractivity contribution in [1.29, 1.82) is 0 Å². The summed E-state index contributed by atoms with van der Waals surface area (Å²) in [6.07, 6.45) is 3.01. The van der Waals surface area contributed by atoms with Gasteiger partial charge in [-0.15, -0.1) is 0 Å². The fourth-order valence-electron chi connectivity index (χ4n) is 1.03. The first kappa shape index (κ1) is 9.72. The molecule has 1 aromatic heterocycles. The molecule has 0 saturated carbocycles. The Hall–Kier alpha value is -1.82. The maximum absolute atomic E-state index is 11.5. The van der Waals surface area contributed by atoms with E-state index in [0.29, 0.717) is 17.1 Å². The molecule has 1 N–H and O–H groups in total. The number of nitrogens with zero attached hydrogens (tertiary/aromatic N) is 2. The average molecular weight is 221 g/mol. The van der Waals surface area contributed by atoms with E-state index in [4.69, 9.17) is 17.0 Å². The quantitative estimate of drug-likeness (QED) is 0.553. The van der Waals surface area contributed by atoms with Crippen LogP contribution in [0.3, 0.4) is 0 Å². The van der Waals surface area contributed by atoms with Gasteiger partial charge in [-0.25, -0.2) is 9.79 Å².